The van der Waals surface area contributed by atoms with E-state index in [9.17, 15) is 19.5 Å². The number of nitrogens with zero attached hydrogens (tertiary/aromatic N) is 1. The van der Waals surface area contributed by atoms with E-state index in [1.807, 2.05) is 11.1 Å². The van der Waals surface area contributed by atoms with Gasteiger partial charge in [0.05, 0.1) is 12.7 Å². The maximum Gasteiger partial charge on any atom is 0.345 e. The Morgan fingerprint density at radius 2 is 2.04 bits per heavy atom. The molecule has 2 heterocycles. The molecule has 1 saturated heterocycles. The second-order valence-corrected chi connectivity index (χ2v) is 5.89. The van der Waals surface area contributed by atoms with E-state index >= 15 is 0 Å². The van der Waals surface area contributed by atoms with Crippen LogP contribution in [0.15, 0.2) is 46.1 Å². The van der Waals surface area contributed by atoms with Crippen molar-refractivity contribution in [1.82, 2.24) is 9.55 Å². The molecule has 0 radical (unpaired) electrons. The molecule has 0 bridgehead atoms. The van der Waals surface area contributed by atoms with E-state index in [4.69, 9.17) is 14.6 Å². The fraction of sp³-hybridized carbons (Fsp3) is 0.353. The Hall–Kier alpha value is -2.75. The first-order valence-corrected chi connectivity index (χ1v) is 8.00. The van der Waals surface area contributed by atoms with Gasteiger partial charge in [-0.05, 0) is 5.56 Å². The van der Waals surface area contributed by atoms with Gasteiger partial charge in [-0.25, -0.2) is 9.59 Å². The van der Waals surface area contributed by atoms with Gasteiger partial charge in [0.2, 0.25) is 0 Å². The van der Waals surface area contributed by atoms with Crippen molar-refractivity contribution in [1.29, 1.82) is 0 Å². The molecular weight excluding hydrogens is 344 g/mol. The SMILES string of the molecule is O=C(OCc1ccccc1)c1cn([C@@H]2C[C@@H](O)[C@H](CO)O2)c(=O)[nH]c1=O. The van der Waals surface area contributed by atoms with Crippen LogP contribution in [0.2, 0.25) is 0 Å². The summed E-state index contributed by atoms with van der Waals surface area (Å²) < 4.78 is 11.5. The lowest BCUT2D eigenvalue weighted by atomic mass is 10.2. The average Bonchev–Trinajstić information content (AvgIpc) is 3.01. The smallest absolute Gasteiger partial charge is 0.345 e. The number of H-pyrrole nitrogens is 1. The van der Waals surface area contributed by atoms with Crippen LogP contribution < -0.4 is 11.2 Å². The summed E-state index contributed by atoms with van der Waals surface area (Å²) in [7, 11) is 0. The van der Waals surface area contributed by atoms with Gasteiger partial charge in [-0.3, -0.25) is 14.3 Å². The molecule has 0 spiro atoms. The largest absolute Gasteiger partial charge is 0.457 e. The lowest BCUT2D eigenvalue weighted by Crippen LogP contribution is -2.36. The summed E-state index contributed by atoms with van der Waals surface area (Å²) in [5.41, 5.74) is -1.27. The first-order valence-electron chi connectivity index (χ1n) is 8.00. The van der Waals surface area contributed by atoms with Crippen molar-refractivity contribution >= 4 is 5.97 Å². The Morgan fingerprint density at radius 1 is 1.31 bits per heavy atom. The van der Waals surface area contributed by atoms with Gasteiger partial charge in [0.1, 0.15) is 24.5 Å². The number of aliphatic hydroxyl groups is 2. The van der Waals surface area contributed by atoms with E-state index in [2.05, 4.69) is 0 Å². The molecule has 1 aliphatic rings. The van der Waals surface area contributed by atoms with Crippen molar-refractivity contribution in [2.75, 3.05) is 6.61 Å². The van der Waals surface area contributed by atoms with Crippen molar-refractivity contribution in [3.05, 3.63) is 68.5 Å². The molecule has 0 amide bonds. The molecule has 2 aromatic rings. The quantitative estimate of drug-likeness (QED) is 0.613. The van der Waals surface area contributed by atoms with Gasteiger partial charge in [0, 0.05) is 12.6 Å². The molecule has 3 atom stereocenters. The highest BCUT2D eigenvalue weighted by atomic mass is 16.5. The Bertz CT molecular complexity index is 890. The minimum atomic E-state index is -0.961. The molecule has 1 aliphatic heterocycles. The number of hydrogen-bond acceptors (Lipinski definition) is 7. The highest BCUT2D eigenvalue weighted by Gasteiger charge is 2.35. The molecule has 3 rings (SSSR count). The van der Waals surface area contributed by atoms with Crippen LogP contribution in [0.3, 0.4) is 0 Å². The maximum absolute atomic E-state index is 12.2. The number of hydrogen-bond donors (Lipinski definition) is 3. The van der Waals surface area contributed by atoms with Crippen LogP contribution >= 0.6 is 0 Å². The summed E-state index contributed by atoms with van der Waals surface area (Å²) in [4.78, 5) is 38.2. The molecule has 26 heavy (non-hydrogen) atoms. The summed E-state index contributed by atoms with van der Waals surface area (Å²) in [6, 6.07) is 8.93. The molecule has 0 aliphatic carbocycles. The summed E-state index contributed by atoms with van der Waals surface area (Å²) in [5, 5.41) is 18.9. The Kier molecular flexibility index (Phi) is 5.31. The third kappa shape index (κ3) is 3.74. The highest BCUT2D eigenvalue weighted by molar-refractivity contribution is 5.88. The average molecular weight is 362 g/mol. The molecule has 1 fully saturated rings. The fourth-order valence-corrected chi connectivity index (χ4v) is 2.70. The van der Waals surface area contributed by atoms with Crippen molar-refractivity contribution in [2.45, 2.75) is 31.5 Å². The van der Waals surface area contributed by atoms with E-state index in [1.165, 1.54) is 0 Å². The molecule has 0 saturated carbocycles. The molecule has 9 heteroatoms. The van der Waals surface area contributed by atoms with Crippen LogP contribution in [0.5, 0.6) is 0 Å². The van der Waals surface area contributed by atoms with Crippen LogP contribution in [0.1, 0.15) is 28.6 Å². The standard InChI is InChI=1S/C17H18N2O7/c20-8-13-12(21)6-14(26-13)19-7-11(15(22)18-17(19)24)16(23)25-9-10-4-2-1-3-5-10/h1-5,7,12-14,20-21H,6,8-9H2,(H,18,22,24)/t12-,13+,14+/m1/s1. The van der Waals surface area contributed by atoms with Crippen molar-refractivity contribution < 1.29 is 24.5 Å². The minimum absolute atomic E-state index is 0.0243. The second kappa shape index (κ2) is 7.65. The molecule has 0 unspecified atom stereocenters. The number of carbonyl (C=O) groups is 1. The van der Waals surface area contributed by atoms with Crippen LogP contribution in [0.4, 0.5) is 0 Å². The van der Waals surface area contributed by atoms with E-state index in [0.29, 0.717) is 0 Å². The molecule has 1 aromatic carbocycles. The number of ether oxygens (including phenoxy) is 2. The van der Waals surface area contributed by atoms with Crippen LogP contribution in [-0.4, -0.2) is 44.5 Å². The monoisotopic (exact) mass is 362 g/mol. The molecule has 1 aromatic heterocycles. The van der Waals surface area contributed by atoms with E-state index < -0.39 is 42.3 Å². The zero-order valence-electron chi connectivity index (χ0n) is 13.7. The Morgan fingerprint density at radius 3 is 2.69 bits per heavy atom. The van der Waals surface area contributed by atoms with E-state index in [1.54, 1.807) is 24.3 Å². The predicted octanol–water partition coefficient (Wildman–Crippen LogP) is -0.466. The summed E-state index contributed by atoms with van der Waals surface area (Å²) in [5.74, 6) is -0.888. The number of esters is 1. The zero-order valence-corrected chi connectivity index (χ0v) is 13.7. The number of nitrogens with one attached hydrogen (secondary N) is 1. The van der Waals surface area contributed by atoms with Crippen molar-refractivity contribution in [3.8, 4) is 0 Å². The van der Waals surface area contributed by atoms with Gasteiger partial charge in [-0.1, -0.05) is 30.3 Å². The topological polar surface area (TPSA) is 131 Å². The van der Waals surface area contributed by atoms with Gasteiger partial charge < -0.3 is 19.7 Å². The third-order valence-corrected chi connectivity index (χ3v) is 4.09. The lowest BCUT2D eigenvalue weighted by Gasteiger charge is -2.15. The highest BCUT2D eigenvalue weighted by Crippen LogP contribution is 2.27. The third-order valence-electron chi connectivity index (χ3n) is 4.09. The maximum atomic E-state index is 12.2. The molecule has 9 nitrogen and oxygen atoms in total. The first-order chi connectivity index (χ1) is 12.5. The van der Waals surface area contributed by atoms with Crippen molar-refractivity contribution in [2.24, 2.45) is 0 Å². The van der Waals surface area contributed by atoms with Gasteiger partial charge >= 0.3 is 11.7 Å². The summed E-state index contributed by atoms with van der Waals surface area (Å²) in [6.45, 7) is -0.439. The Labute approximate surface area is 147 Å². The molecule has 138 valence electrons. The molecule has 3 N–H and O–H groups in total. The summed E-state index contributed by atoms with van der Waals surface area (Å²) in [6.07, 6.45) is -1.63. The zero-order chi connectivity index (χ0) is 18.7. The number of benzene rings is 1. The van der Waals surface area contributed by atoms with E-state index in [0.717, 1.165) is 16.3 Å². The predicted molar refractivity (Wildman–Crippen MR) is 88.5 cm³/mol. The number of carbonyl (C=O) groups excluding carboxylic acids is 1. The molecular formula is C17H18N2O7. The van der Waals surface area contributed by atoms with Crippen molar-refractivity contribution in [3.63, 3.8) is 0 Å². The first kappa shape index (κ1) is 18.1. The summed E-state index contributed by atoms with van der Waals surface area (Å²) >= 11 is 0. The van der Waals surface area contributed by atoms with E-state index in [-0.39, 0.29) is 18.6 Å². The number of aliphatic hydroxyl groups excluding tert-OH is 2. The van der Waals surface area contributed by atoms with Crippen LogP contribution in [0, 0.1) is 0 Å². The normalized spacial score (nSPS) is 22.3. The number of aromatic amines is 1. The van der Waals surface area contributed by atoms with Gasteiger partial charge in [0.25, 0.3) is 5.56 Å². The van der Waals surface area contributed by atoms with Gasteiger partial charge in [0.15, 0.2) is 0 Å². The van der Waals surface area contributed by atoms with Crippen LogP contribution in [-0.2, 0) is 16.1 Å². The number of rotatable bonds is 5. The fourth-order valence-electron chi connectivity index (χ4n) is 2.70. The lowest BCUT2D eigenvalue weighted by molar-refractivity contribution is -0.0460. The van der Waals surface area contributed by atoms with Gasteiger partial charge in [-0.15, -0.1) is 0 Å². The second-order valence-electron chi connectivity index (χ2n) is 5.89. The van der Waals surface area contributed by atoms with Gasteiger partial charge in [-0.2, -0.15) is 0 Å². The Balaban J connectivity index is 1.81. The van der Waals surface area contributed by atoms with Crippen LogP contribution in [0.25, 0.3) is 0 Å². The minimum Gasteiger partial charge on any atom is -0.457 e. The number of aromatic nitrogens is 2.